The van der Waals surface area contributed by atoms with Gasteiger partial charge in [0.1, 0.15) is 12.2 Å². The molecule has 0 aromatic heterocycles. The van der Waals surface area contributed by atoms with Crippen molar-refractivity contribution in [3.8, 4) is 11.5 Å². The molecule has 3 aliphatic rings. The van der Waals surface area contributed by atoms with Crippen molar-refractivity contribution in [3.63, 3.8) is 0 Å². The van der Waals surface area contributed by atoms with Crippen molar-refractivity contribution in [1.29, 1.82) is 0 Å². The number of hydrogen-bond acceptors (Lipinski definition) is 7. The zero-order chi connectivity index (χ0) is 21.9. The first-order valence-electron chi connectivity index (χ1n) is 9.63. The van der Waals surface area contributed by atoms with Crippen LogP contribution < -0.4 is 9.47 Å². The molecule has 158 valence electrons. The molecule has 0 saturated carbocycles. The summed E-state index contributed by atoms with van der Waals surface area (Å²) in [6.07, 6.45) is -2.35. The number of halogens is 1. The lowest BCUT2D eigenvalue weighted by Gasteiger charge is -2.37. The van der Waals surface area contributed by atoms with Crippen molar-refractivity contribution in [3.05, 3.63) is 68.7 Å². The molecule has 7 nitrogen and oxygen atoms in total. The Labute approximate surface area is 186 Å². The van der Waals surface area contributed by atoms with E-state index in [0.29, 0.717) is 11.3 Å². The Balaban J connectivity index is 1.75. The maximum atomic E-state index is 13.8. The van der Waals surface area contributed by atoms with E-state index in [-0.39, 0.29) is 40.2 Å². The highest BCUT2D eigenvalue weighted by Gasteiger charge is 2.52. The van der Waals surface area contributed by atoms with E-state index in [1.54, 1.807) is 6.07 Å². The third-order valence-electron chi connectivity index (χ3n) is 5.79. The molecule has 2 aromatic rings. The van der Waals surface area contributed by atoms with Crippen LogP contribution in [0.15, 0.2) is 52.0 Å². The molecule has 1 fully saturated rings. The van der Waals surface area contributed by atoms with Crippen LogP contribution in [0.25, 0.3) is 0 Å². The van der Waals surface area contributed by atoms with Crippen molar-refractivity contribution in [2.45, 2.75) is 24.7 Å². The highest BCUT2D eigenvalue weighted by atomic mass is 79.9. The summed E-state index contributed by atoms with van der Waals surface area (Å²) in [6, 6.07) is 10.4. The van der Waals surface area contributed by atoms with Gasteiger partial charge in [-0.15, -0.1) is 0 Å². The molecule has 0 unspecified atom stereocenters. The van der Waals surface area contributed by atoms with Gasteiger partial charge in [0.2, 0.25) is 0 Å². The van der Waals surface area contributed by atoms with Crippen molar-refractivity contribution in [1.82, 2.24) is 0 Å². The molecule has 0 amide bonds. The minimum atomic E-state index is -0.910. The number of rotatable bonds is 3. The molecule has 8 heteroatoms. The number of ether oxygens (including phenoxy) is 4. The van der Waals surface area contributed by atoms with E-state index in [2.05, 4.69) is 15.9 Å². The van der Waals surface area contributed by atoms with E-state index in [1.165, 1.54) is 20.3 Å². The van der Waals surface area contributed by atoms with Gasteiger partial charge in [-0.3, -0.25) is 14.4 Å². The molecule has 0 spiro atoms. The highest BCUT2D eigenvalue weighted by molar-refractivity contribution is 9.10. The van der Waals surface area contributed by atoms with Gasteiger partial charge in [-0.2, -0.15) is 0 Å². The maximum Gasteiger partial charge on any atom is 0.309 e. The van der Waals surface area contributed by atoms with Crippen LogP contribution in [0, 0.1) is 0 Å². The lowest BCUT2D eigenvalue weighted by Crippen LogP contribution is -2.42. The van der Waals surface area contributed by atoms with E-state index in [1.807, 2.05) is 24.3 Å². The second-order valence-electron chi connectivity index (χ2n) is 7.43. The Kier molecular flexibility index (Phi) is 4.71. The van der Waals surface area contributed by atoms with Gasteiger partial charge in [0.05, 0.1) is 31.8 Å². The summed E-state index contributed by atoms with van der Waals surface area (Å²) in [6.45, 7) is 0. The Morgan fingerprint density at radius 3 is 2.35 bits per heavy atom. The summed E-state index contributed by atoms with van der Waals surface area (Å²) < 4.78 is 23.2. The number of carbonyl (C=O) groups is 3. The smallest absolute Gasteiger partial charge is 0.309 e. The predicted molar refractivity (Wildman–Crippen MR) is 111 cm³/mol. The predicted octanol–water partition coefficient (Wildman–Crippen LogP) is 3.60. The van der Waals surface area contributed by atoms with E-state index < -0.39 is 30.1 Å². The van der Waals surface area contributed by atoms with E-state index in [0.717, 1.165) is 4.47 Å². The van der Waals surface area contributed by atoms with E-state index >= 15 is 0 Å². The van der Waals surface area contributed by atoms with Crippen LogP contribution in [0.3, 0.4) is 0 Å². The fourth-order valence-electron chi connectivity index (χ4n) is 4.44. The quantitative estimate of drug-likeness (QED) is 0.614. The molecule has 2 aliphatic heterocycles. The van der Waals surface area contributed by atoms with Crippen molar-refractivity contribution < 1.29 is 33.3 Å². The topological polar surface area (TPSA) is 88.1 Å². The number of benzene rings is 2. The first kappa shape index (κ1) is 20.0. The Morgan fingerprint density at radius 2 is 1.68 bits per heavy atom. The molecular weight excluding hydrogens is 468 g/mol. The Hall–Kier alpha value is -2.97. The summed E-state index contributed by atoms with van der Waals surface area (Å²) in [4.78, 5) is 39.4. The number of methoxy groups -OCH3 is 2. The third-order valence-corrected chi connectivity index (χ3v) is 6.32. The third kappa shape index (κ3) is 2.93. The van der Waals surface area contributed by atoms with Crippen LogP contribution in [0.2, 0.25) is 0 Å². The zero-order valence-electron chi connectivity index (χ0n) is 16.6. The minimum absolute atomic E-state index is 0.0226. The summed E-state index contributed by atoms with van der Waals surface area (Å²) in [5.41, 5.74) is 1.36. The second-order valence-corrected chi connectivity index (χ2v) is 8.35. The van der Waals surface area contributed by atoms with Crippen LogP contribution >= 0.6 is 15.9 Å². The fraction of sp³-hybridized carbons (Fsp3) is 0.261. The van der Waals surface area contributed by atoms with Crippen LogP contribution in [-0.4, -0.2) is 44.0 Å². The second kappa shape index (κ2) is 7.32. The van der Waals surface area contributed by atoms with Gasteiger partial charge in [-0.05, 0) is 29.8 Å². The Bertz CT molecular complexity index is 1170. The van der Waals surface area contributed by atoms with Gasteiger partial charge < -0.3 is 18.9 Å². The first-order chi connectivity index (χ1) is 14.9. The number of fused-ring (bicyclic) bond motifs is 3. The van der Waals surface area contributed by atoms with Crippen LogP contribution in [0.4, 0.5) is 0 Å². The molecule has 0 bridgehead atoms. The lowest BCUT2D eigenvalue weighted by atomic mass is 9.75. The fourth-order valence-corrected chi connectivity index (χ4v) is 4.70. The van der Waals surface area contributed by atoms with Gasteiger partial charge in [0.15, 0.2) is 29.2 Å². The van der Waals surface area contributed by atoms with Crippen molar-refractivity contribution in [2.75, 3.05) is 14.2 Å². The molecular formula is C23H17BrO7. The van der Waals surface area contributed by atoms with Crippen LogP contribution in [0.1, 0.15) is 38.8 Å². The van der Waals surface area contributed by atoms with E-state index in [9.17, 15) is 14.4 Å². The molecule has 31 heavy (non-hydrogen) atoms. The maximum absolute atomic E-state index is 13.8. The van der Waals surface area contributed by atoms with E-state index in [4.69, 9.17) is 18.9 Å². The molecule has 2 heterocycles. The monoisotopic (exact) mass is 484 g/mol. The zero-order valence-corrected chi connectivity index (χ0v) is 18.2. The molecule has 1 aliphatic carbocycles. The van der Waals surface area contributed by atoms with Gasteiger partial charge in [-0.1, -0.05) is 28.1 Å². The summed E-state index contributed by atoms with van der Waals surface area (Å²) >= 11 is 3.40. The average Bonchev–Trinajstić information content (AvgIpc) is 3.15. The number of esters is 1. The minimum Gasteiger partial charge on any atom is -0.493 e. The Morgan fingerprint density at radius 1 is 0.935 bits per heavy atom. The van der Waals surface area contributed by atoms with Crippen molar-refractivity contribution >= 4 is 33.5 Å². The summed E-state index contributed by atoms with van der Waals surface area (Å²) in [5.74, 6) is -0.717. The number of Topliss-reactive ketones (excluding diaryl/α,β-unsaturated/α-hetero) is 2. The average molecular weight is 485 g/mol. The lowest BCUT2D eigenvalue weighted by molar-refractivity contribution is -0.140. The SMILES string of the molecule is COc1ccc2c(c1OC)C(=O)C1=C(C2=O)[C@@H]2OC(=O)C[C@@H]2O[C@H]1c1ccc(Br)cc1. The first-order valence-corrected chi connectivity index (χ1v) is 10.4. The van der Waals surface area contributed by atoms with Crippen LogP contribution in [0.5, 0.6) is 11.5 Å². The van der Waals surface area contributed by atoms with Gasteiger partial charge >= 0.3 is 5.97 Å². The number of hydrogen-bond donors (Lipinski definition) is 0. The molecule has 0 N–H and O–H groups in total. The molecule has 0 radical (unpaired) electrons. The van der Waals surface area contributed by atoms with Crippen molar-refractivity contribution in [2.24, 2.45) is 0 Å². The standard InChI is InChI=1S/C23H17BrO7/c1-28-13-8-7-12-16(22(13)29-2)20(27)18-17(19(12)26)23-14(9-15(25)31-23)30-21(18)10-3-5-11(24)6-4-10/h3-8,14,21,23H,9H2,1-2H3/t14-,21-,23+/m0/s1. The van der Waals surface area contributed by atoms with Gasteiger partial charge in [0.25, 0.3) is 0 Å². The van der Waals surface area contributed by atoms with Gasteiger partial charge in [0, 0.05) is 15.6 Å². The summed E-state index contributed by atoms with van der Waals surface area (Å²) in [7, 11) is 2.87. The van der Waals surface area contributed by atoms with Crippen LogP contribution in [-0.2, 0) is 14.3 Å². The van der Waals surface area contributed by atoms with Gasteiger partial charge in [-0.25, -0.2) is 0 Å². The normalized spacial score (nSPS) is 24.4. The largest absolute Gasteiger partial charge is 0.493 e. The molecule has 1 saturated heterocycles. The molecule has 2 aromatic carbocycles. The number of ketones is 2. The summed E-state index contributed by atoms with van der Waals surface area (Å²) in [5, 5.41) is 0. The molecule has 3 atom stereocenters. The highest BCUT2D eigenvalue weighted by Crippen LogP contribution is 2.48. The number of carbonyl (C=O) groups excluding carboxylic acids is 3. The molecule has 5 rings (SSSR count).